The Labute approximate surface area is 101 Å². The summed E-state index contributed by atoms with van der Waals surface area (Å²) >= 11 is 0. The highest BCUT2D eigenvalue weighted by Gasteiger charge is 2.23. The van der Waals surface area contributed by atoms with Crippen molar-refractivity contribution in [2.24, 2.45) is 11.8 Å². The minimum Gasteiger partial charge on any atom is -0.314 e. The number of hydrogen-bond donors (Lipinski definition) is 1. The molecule has 2 aliphatic rings. The Morgan fingerprint density at radius 3 is 2.69 bits per heavy atom. The first-order valence-corrected chi connectivity index (χ1v) is 7.23. The molecule has 2 fully saturated rings. The quantitative estimate of drug-likeness (QED) is 0.792. The molecular weight excluding hydrogens is 196 g/mol. The van der Waals surface area contributed by atoms with Crippen LogP contribution in [0.25, 0.3) is 0 Å². The second kappa shape index (κ2) is 6.02. The molecule has 2 atom stereocenters. The standard InChI is InChI=1S/C14H28N2/c1-3-14-7-8-16(10-12(2)9-15-14)11-13-5-4-6-13/h12-15H,3-11H2,1-2H3. The molecule has 94 valence electrons. The first kappa shape index (κ1) is 12.4. The van der Waals surface area contributed by atoms with E-state index in [-0.39, 0.29) is 0 Å². The molecule has 0 bridgehead atoms. The molecule has 1 N–H and O–H groups in total. The van der Waals surface area contributed by atoms with Crippen LogP contribution in [0.5, 0.6) is 0 Å². The van der Waals surface area contributed by atoms with Gasteiger partial charge in [-0.05, 0) is 50.6 Å². The maximum absolute atomic E-state index is 3.70. The first-order valence-electron chi connectivity index (χ1n) is 7.23. The monoisotopic (exact) mass is 224 g/mol. The lowest BCUT2D eigenvalue weighted by Crippen LogP contribution is -2.45. The molecule has 16 heavy (non-hydrogen) atoms. The minimum absolute atomic E-state index is 0.756. The summed E-state index contributed by atoms with van der Waals surface area (Å²) in [4.78, 5) is 2.73. The van der Waals surface area contributed by atoms with Gasteiger partial charge in [0.1, 0.15) is 0 Å². The fourth-order valence-corrected chi connectivity index (χ4v) is 2.96. The lowest BCUT2D eigenvalue weighted by molar-refractivity contribution is 0.141. The zero-order valence-electron chi connectivity index (χ0n) is 11.0. The van der Waals surface area contributed by atoms with Crippen LogP contribution in [0.3, 0.4) is 0 Å². The van der Waals surface area contributed by atoms with E-state index in [0.717, 1.165) is 17.9 Å². The first-order chi connectivity index (χ1) is 7.78. The Hall–Kier alpha value is -0.0800. The predicted molar refractivity (Wildman–Crippen MR) is 69.6 cm³/mol. The lowest BCUT2D eigenvalue weighted by atomic mass is 9.85. The summed E-state index contributed by atoms with van der Waals surface area (Å²) in [6.07, 6.45) is 7.08. The van der Waals surface area contributed by atoms with Gasteiger partial charge >= 0.3 is 0 Å². The predicted octanol–water partition coefficient (Wildman–Crippen LogP) is 2.50. The van der Waals surface area contributed by atoms with Gasteiger partial charge < -0.3 is 10.2 Å². The zero-order valence-corrected chi connectivity index (χ0v) is 11.0. The van der Waals surface area contributed by atoms with Gasteiger partial charge in [0.2, 0.25) is 0 Å². The molecule has 0 aromatic heterocycles. The molecule has 2 nitrogen and oxygen atoms in total. The van der Waals surface area contributed by atoms with Crippen LogP contribution in [0.2, 0.25) is 0 Å². The van der Waals surface area contributed by atoms with Crippen LogP contribution in [0, 0.1) is 11.8 Å². The number of nitrogens with zero attached hydrogens (tertiary/aromatic N) is 1. The third-order valence-corrected chi connectivity index (χ3v) is 4.35. The van der Waals surface area contributed by atoms with Gasteiger partial charge in [0.15, 0.2) is 0 Å². The van der Waals surface area contributed by atoms with Crippen molar-refractivity contribution in [3.8, 4) is 0 Å². The van der Waals surface area contributed by atoms with Gasteiger partial charge in [-0.15, -0.1) is 0 Å². The largest absolute Gasteiger partial charge is 0.314 e. The summed E-state index contributed by atoms with van der Waals surface area (Å²) in [5.41, 5.74) is 0. The van der Waals surface area contributed by atoms with Crippen LogP contribution < -0.4 is 5.32 Å². The highest BCUT2D eigenvalue weighted by atomic mass is 15.1. The SMILES string of the molecule is CCC1CCN(CC2CCC2)CC(C)CN1. The van der Waals surface area contributed by atoms with Crippen LogP contribution in [-0.2, 0) is 0 Å². The molecule has 2 rings (SSSR count). The summed E-state index contributed by atoms with van der Waals surface area (Å²) < 4.78 is 0. The molecule has 1 heterocycles. The molecule has 0 spiro atoms. The van der Waals surface area contributed by atoms with Crippen molar-refractivity contribution in [1.82, 2.24) is 10.2 Å². The van der Waals surface area contributed by atoms with Gasteiger partial charge in [-0.2, -0.15) is 0 Å². The molecule has 1 aliphatic heterocycles. The molecule has 0 aromatic rings. The van der Waals surface area contributed by atoms with E-state index in [0.29, 0.717) is 0 Å². The Kier molecular flexibility index (Phi) is 4.66. The van der Waals surface area contributed by atoms with E-state index < -0.39 is 0 Å². The average Bonchev–Trinajstić information content (AvgIpc) is 2.19. The van der Waals surface area contributed by atoms with Gasteiger partial charge in [0.05, 0.1) is 0 Å². The molecule has 2 unspecified atom stereocenters. The highest BCUT2D eigenvalue weighted by molar-refractivity contribution is 4.79. The summed E-state index contributed by atoms with van der Waals surface area (Å²) in [6, 6.07) is 0.756. The van der Waals surface area contributed by atoms with Crippen molar-refractivity contribution in [3.05, 3.63) is 0 Å². The second-order valence-electron chi connectivity index (χ2n) is 5.96. The molecular formula is C14H28N2. The van der Waals surface area contributed by atoms with Crippen LogP contribution in [0.1, 0.15) is 46.0 Å². The highest BCUT2D eigenvalue weighted by Crippen LogP contribution is 2.27. The fourth-order valence-electron chi connectivity index (χ4n) is 2.96. The molecule has 1 saturated heterocycles. The summed E-state index contributed by atoms with van der Waals surface area (Å²) in [5, 5.41) is 3.70. The Morgan fingerprint density at radius 1 is 1.25 bits per heavy atom. The van der Waals surface area contributed by atoms with Crippen LogP contribution >= 0.6 is 0 Å². The number of nitrogens with one attached hydrogen (secondary N) is 1. The average molecular weight is 224 g/mol. The molecule has 2 heteroatoms. The van der Waals surface area contributed by atoms with Crippen molar-refractivity contribution < 1.29 is 0 Å². The zero-order chi connectivity index (χ0) is 11.4. The maximum Gasteiger partial charge on any atom is 0.00767 e. The maximum atomic E-state index is 3.70. The van der Waals surface area contributed by atoms with E-state index in [4.69, 9.17) is 0 Å². The molecule has 1 saturated carbocycles. The molecule has 0 radical (unpaired) electrons. The second-order valence-corrected chi connectivity index (χ2v) is 5.96. The third kappa shape index (κ3) is 3.46. The van der Waals surface area contributed by atoms with Gasteiger partial charge in [-0.25, -0.2) is 0 Å². The van der Waals surface area contributed by atoms with Crippen LogP contribution in [-0.4, -0.2) is 37.1 Å². The summed E-state index contributed by atoms with van der Waals surface area (Å²) in [5.74, 6) is 1.84. The van der Waals surface area contributed by atoms with Crippen molar-refractivity contribution in [3.63, 3.8) is 0 Å². The Bertz CT molecular complexity index is 199. The molecule has 0 amide bonds. The Morgan fingerprint density at radius 2 is 2.06 bits per heavy atom. The smallest absolute Gasteiger partial charge is 0.00767 e. The van der Waals surface area contributed by atoms with Gasteiger partial charge in [-0.1, -0.05) is 20.3 Å². The van der Waals surface area contributed by atoms with E-state index in [1.165, 1.54) is 58.3 Å². The molecule has 1 aliphatic carbocycles. The fraction of sp³-hybridized carbons (Fsp3) is 1.00. The van der Waals surface area contributed by atoms with Crippen molar-refractivity contribution >= 4 is 0 Å². The van der Waals surface area contributed by atoms with Gasteiger partial charge in [-0.3, -0.25) is 0 Å². The van der Waals surface area contributed by atoms with Gasteiger partial charge in [0.25, 0.3) is 0 Å². The van der Waals surface area contributed by atoms with Crippen LogP contribution in [0.15, 0.2) is 0 Å². The van der Waals surface area contributed by atoms with E-state index in [1.807, 2.05) is 0 Å². The minimum atomic E-state index is 0.756. The molecule has 0 aromatic carbocycles. The summed E-state index contributed by atoms with van der Waals surface area (Å²) in [6.45, 7) is 9.89. The van der Waals surface area contributed by atoms with E-state index >= 15 is 0 Å². The van der Waals surface area contributed by atoms with E-state index in [2.05, 4.69) is 24.1 Å². The summed E-state index contributed by atoms with van der Waals surface area (Å²) in [7, 11) is 0. The number of rotatable bonds is 3. The lowest BCUT2D eigenvalue weighted by Gasteiger charge is -2.36. The third-order valence-electron chi connectivity index (χ3n) is 4.35. The van der Waals surface area contributed by atoms with Crippen molar-refractivity contribution in [2.75, 3.05) is 26.2 Å². The Balaban J connectivity index is 1.80. The van der Waals surface area contributed by atoms with Gasteiger partial charge in [0, 0.05) is 19.1 Å². The van der Waals surface area contributed by atoms with Crippen LogP contribution in [0.4, 0.5) is 0 Å². The van der Waals surface area contributed by atoms with Crippen molar-refractivity contribution in [1.29, 1.82) is 0 Å². The van der Waals surface area contributed by atoms with Crippen molar-refractivity contribution in [2.45, 2.75) is 52.0 Å². The normalized spacial score (nSPS) is 34.1. The topological polar surface area (TPSA) is 15.3 Å². The van der Waals surface area contributed by atoms with E-state index in [1.54, 1.807) is 0 Å². The van der Waals surface area contributed by atoms with E-state index in [9.17, 15) is 0 Å². The number of hydrogen-bond acceptors (Lipinski definition) is 2.